The molecule has 0 saturated carbocycles. The van der Waals surface area contributed by atoms with Crippen LogP contribution in [0.15, 0.2) is 52.6 Å². The van der Waals surface area contributed by atoms with Gasteiger partial charge in [-0.3, -0.25) is 10.5 Å². The molecule has 2 aromatic carbocycles. The number of nitrogens with two attached hydrogens (primary N) is 1. The van der Waals surface area contributed by atoms with Crippen molar-refractivity contribution in [2.75, 3.05) is 23.3 Å². The van der Waals surface area contributed by atoms with Gasteiger partial charge in [0.2, 0.25) is 5.91 Å². The molecule has 0 bridgehead atoms. The van der Waals surface area contributed by atoms with E-state index in [9.17, 15) is 4.79 Å². The Balaban J connectivity index is 1.60. The number of aliphatic imine (C=N–C) groups is 1. The Morgan fingerprint density at radius 1 is 1.16 bits per heavy atom. The Morgan fingerprint density at radius 3 is 2.61 bits per heavy atom. The van der Waals surface area contributed by atoms with E-state index < -0.39 is 0 Å². The van der Waals surface area contributed by atoms with E-state index in [1.54, 1.807) is 10.9 Å². The number of piperidine rings is 1. The van der Waals surface area contributed by atoms with Crippen molar-refractivity contribution in [1.82, 2.24) is 0 Å². The molecule has 3 N–H and O–H groups in total. The van der Waals surface area contributed by atoms with E-state index in [1.807, 2.05) is 12.1 Å². The van der Waals surface area contributed by atoms with Crippen LogP contribution in [0.2, 0.25) is 0 Å². The van der Waals surface area contributed by atoms with Crippen LogP contribution in [0.4, 0.5) is 17.1 Å². The first-order chi connectivity index (χ1) is 15.0. The molecule has 2 aromatic rings. The first kappa shape index (κ1) is 20.8. The molecule has 4 rings (SSSR count). The minimum Gasteiger partial charge on any atom is -0.371 e. The number of anilines is 2. The van der Waals surface area contributed by atoms with Crippen molar-refractivity contribution < 1.29 is 9.48 Å². The molecule has 160 valence electrons. The Hall–Kier alpha value is -3.48. The number of hydrazone groups is 1. The number of benzene rings is 2. The molecule has 2 heterocycles. The summed E-state index contributed by atoms with van der Waals surface area (Å²) in [6, 6.07) is 14.3. The lowest BCUT2D eigenvalue weighted by molar-refractivity contribution is -0.546. The molecule has 2 aliphatic heterocycles. The summed E-state index contributed by atoms with van der Waals surface area (Å²) < 4.78 is 1.74. The Kier molecular flexibility index (Phi) is 6.11. The van der Waals surface area contributed by atoms with E-state index in [2.05, 4.69) is 52.6 Å². The number of hydrogen-bond donors (Lipinski definition) is 2. The van der Waals surface area contributed by atoms with Gasteiger partial charge >= 0.3 is 5.84 Å². The molecule has 1 amide bonds. The normalized spacial score (nSPS) is 17.5. The van der Waals surface area contributed by atoms with E-state index >= 15 is 0 Å². The number of hydrogen-bond acceptors (Lipinski definition) is 5. The van der Waals surface area contributed by atoms with Gasteiger partial charge in [-0.25, -0.2) is 4.99 Å². The van der Waals surface area contributed by atoms with Crippen LogP contribution >= 0.6 is 0 Å². The number of aryl methyl sites for hydroxylation is 1. The van der Waals surface area contributed by atoms with Crippen LogP contribution < -0.4 is 16.0 Å². The van der Waals surface area contributed by atoms with E-state index in [0.29, 0.717) is 29.5 Å². The summed E-state index contributed by atoms with van der Waals surface area (Å²) in [5.41, 5.74) is 11.7. The smallest absolute Gasteiger partial charge is 0.321 e. The highest BCUT2D eigenvalue weighted by Crippen LogP contribution is 2.32. The average Bonchev–Trinajstić information content (AvgIpc) is 3.10. The second kappa shape index (κ2) is 9.12. The molecule has 0 aromatic heterocycles. The van der Waals surface area contributed by atoms with Crippen LogP contribution in [0.3, 0.4) is 0 Å². The molecule has 7 nitrogen and oxygen atoms in total. The first-order valence-electron chi connectivity index (χ1n) is 10.7. The number of nitrogens with one attached hydrogen (secondary N) is 1. The maximum Gasteiger partial charge on any atom is 0.321 e. The second-order valence-corrected chi connectivity index (χ2v) is 8.10. The SMILES string of the molecule is CC(=O)Nc1cc(N2CCCCC2)ccc1N=C1C=N[N+](Cc2ccc(C)cc2)=C1N. The lowest BCUT2D eigenvalue weighted by Gasteiger charge is -2.29. The van der Waals surface area contributed by atoms with Gasteiger partial charge in [-0.15, -0.1) is 4.68 Å². The van der Waals surface area contributed by atoms with Crippen LogP contribution in [0.5, 0.6) is 0 Å². The van der Waals surface area contributed by atoms with Crippen molar-refractivity contribution >= 4 is 40.7 Å². The maximum absolute atomic E-state index is 11.8. The lowest BCUT2D eigenvalue weighted by atomic mass is 10.1. The Bertz CT molecular complexity index is 1060. The number of nitrogens with zero attached hydrogens (tertiary/aromatic N) is 4. The summed E-state index contributed by atoms with van der Waals surface area (Å²) in [4.78, 5) is 18.9. The van der Waals surface area contributed by atoms with E-state index in [-0.39, 0.29) is 5.91 Å². The lowest BCUT2D eigenvalue weighted by Crippen LogP contribution is -2.29. The summed E-state index contributed by atoms with van der Waals surface area (Å²) in [5, 5.41) is 7.33. The number of amides is 1. The number of carbonyl (C=O) groups is 1. The van der Waals surface area contributed by atoms with Crippen LogP contribution in [0.1, 0.15) is 37.3 Å². The van der Waals surface area contributed by atoms with Crippen LogP contribution in [0, 0.1) is 6.92 Å². The Morgan fingerprint density at radius 2 is 1.90 bits per heavy atom. The standard InChI is InChI=1S/C24H28N6O/c1-17-6-8-19(9-7-17)16-30-24(25)23(15-26-30)28-21-11-10-20(14-22(21)27-18(2)31)29-12-4-3-5-13-29/h6-11,14-15H,3-5,12-13,16H2,1-2H3,(H2,25,26,27,31)/p+1. The van der Waals surface area contributed by atoms with Gasteiger partial charge < -0.3 is 10.2 Å². The molecule has 0 radical (unpaired) electrons. The molecule has 31 heavy (non-hydrogen) atoms. The van der Waals surface area contributed by atoms with Gasteiger partial charge in [0.25, 0.3) is 0 Å². The molecule has 0 atom stereocenters. The topological polar surface area (TPSA) is 86.1 Å². The predicted molar refractivity (Wildman–Crippen MR) is 127 cm³/mol. The third-order valence-electron chi connectivity index (χ3n) is 5.57. The van der Waals surface area contributed by atoms with E-state index in [4.69, 9.17) is 10.7 Å². The third kappa shape index (κ3) is 4.99. The van der Waals surface area contributed by atoms with Crippen molar-refractivity contribution in [2.45, 2.75) is 39.7 Å². The van der Waals surface area contributed by atoms with Gasteiger partial charge in [0.05, 0.1) is 11.4 Å². The number of carbonyl (C=O) groups excluding carboxylic acids is 1. The minimum absolute atomic E-state index is 0.129. The zero-order chi connectivity index (χ0) is 21.8. The van der Waals surface area contributed by atoms with Gasteiger partial charge in [0.1, 0.15) is 12.8 Å². The van der Waals surface area contributed by atoms with Crippen molar-refractivity contribution in [3.8, 4) is 0 Å². The fourth-order valence-electron chi connectivity index (χ4n) is 3.85. The van der Waals surface area contributed by atoms with Crippen molar-refractivity contribution in [3.05, 3.63) is 53.6 Å². The van der Waals surface area contributed by atoms with E-state index in [1.165, 1.54) is 31.7 Å². The molecule has 1 fully saturated rings. The summed E-state index contributed by atoms with van der Waals surface area (Å²) in [6.45, 7) is 6.22. The molecule has 7 heteroatoms. The zero-order valence-corrected chi connectivity index (χ0v) is 18.1. The van der Waals surface area contributed by atoms with Gasteiger partial charge in [0.15, 0.2) is 5.71 Å². The van der Waals surface area contributed by atoms with Gasteiger partial charge in [-0.2, -0.15) is 0 Å². The number of amidine groups is 1. The van der Waals surface area contributed by atoms with Crippen LogP contribution in [-0.4, -0.2) is 41.4 Å². The fraction of sp³-hybridized carbons (Fsp3) is 0.333. The fourth-order valence-corrected chi connectivity index (χ4v) is 3.85. The molecular weight excluding hydrogens is 388 g/mol. The second-order valence-electron chi connectivity index (χ2n) is 8.10. The molecule has 2 aliphatic rings. The molecule has 0 spiro atoms. The molecular formula is C24H29N6O+. The van der Waals surface area contributed by atoms with Crippen molar-refractivity contribution in [2.24, 2.45) is 15.8 Å². The minimum atomic E-state index is -0.129. The van der Waals surface area contributed by atoms with Crippen molar-refractivity contribution in [3.63, 3.8) is 0 Å². The van der Waals surface area contributed by atoms with Gasteiger partial charge in [0, 0.05) is 25.7 Å². The van der Waals surface area contributed by atoms with E-state index in [0.717, 1.165) is 24.3 Å². The predicted octanol–water partition coefficient (Wildman–Crippen LogP) is 3.59. The van der Waals surface area contributed by atoms with Gasteiger partial charge in [-0.1, -0.05) is 34.9 Å². The maximum atomic E-state index is 11.8. The number of rotatable bonds is 5. The highest BCUT2D eigenvalue weighted by molar-refractivity contribution is 6.62. The summed E-state index contributed by atoms with van der Waals surface area (Å²) >= 11 is 0. The highest BCUT2D eigenvalue weighted by atomic mass is 16.1. The molecule has 0 aliphatic carbocycles. The summed E-state index contributed by atoms with van der Waals surface area (Å²) in [5.74, 6) is 0.365. The average molecular weight is 418 g/mol. The van der Waals surface area contributed by atoms with Crippen LogP contribution in [0.25, 0.3) is 0 Å². The summed E-state index contributed by atoms with van der Waals surface area (Å²) in [7, 11) is 0. The first-order valence-corrected chi connectivity index (χ1v) is 10.7. The summed E-state index contributed by atoms with van der Waals surface area (Å²) in [6.07, 6.45) is 5.32. The monoisotopic (exact) mass is 417 g/mol. The molecule has 0 unspecified atom stereocenters. The zero-order valence-electron chi connectivity index (χ0n) is 18.1. The van der Waals surface area contributed by atoms with Crippen molar-refractivity contribution in [1.29, 1.82) is 0 Å². The quantitative estimate of drug-likeness (QED) is 0.729. The Labute approximate surface area is 183 Å². The third-order valence-corrected chi connectivity index (χ3v) is 5.57. The largest absolute Gasteiger partial charge is 0.371 e. The van der Waals surface area contributed by atoms with Gasteiger partial charge in [-0.05, 0) is 49.9 Å². The highest BCUT2D eigenvalue weighted by Gasteiger charge is 2.22. The van der Waals surface area contributed by atoms with Crippen LogP contribution in [-0.2, 0) is 11.3 Å². The molecule has 1 saturated heterocycles.